The Balaban J connectivity index is 2.49. The molecule has 15 heavy (non-hydrogen) atoms. The molecule has 4 nitrogen and oxygen atoms in total. The van der Waals surface area contributed by atoms with Crippen LogP contribution in [-0.4, -0.2) is 59.6 Å². The molecule has 1 aliphatic rings. The summed E-state index contributed by atoms with van der Waals surface area (Å²) in [6.45, 7) is 7.30. The van der Waals surface area contributed by atoms with E-state index in [0.717, 1.165) is 32.5 Å². The van der Waals surface area contributed by atoms with Crippen molar-refractivity contribution in [1.82, 2.24) is 9.80 Å². The molecule has 4 heteroatoms. The number of aliphatic hydroxyl groups is 1. The molecule has 0 aromatic carbocycles. The minimum absolute atomic E-state index is 0.166. The van der Waals surface area contributed by atoms with Gasteiger partial charge in [-0.15, -0.1) is 0 Å². The Hall–Kier alpha value is -0.610. The quantitative estimate of drug-likeness (QED) is 0.732. The molecule has 0 bridgehead atoms. The molecule has 0 aromatic rings. The third-order valence-corrected chi connectivity index (χ3v) is 3.15. The fourth-order valence-corrected chi connectivity index (χ4v) is 2.27. The maximum atomic E-state index is 11.3. The molecule has 0 aromatic heterocycles. The molecule has 88 valence electrons. The summed E-state index contributed by atoms with van der Waals surface area (Å²) in [6.07, 6.45) is 2.21. The molecular weight excluding hydrogens is 192 g/mol. The number of hydrogen-bond acceptors (Lipinski definition) is 3. The Kier molecular flexibility index (Phi) is 5.05. The van der Waals surface area contributed by atoms with E-state index in [1.54, 1.807) is 6.92 Å². The molecule has 0 unspecified atom stereocenters. The Morgan fingerprint density at radius 3 is 2.87 bits per heavy atom. The number of piperidine rings is 1. The summed E-state index contributed by atoms with van der Waals surface area (Å²) < 4.78 is 0. The smallest absolute Gasteiger partial charge is 0.219 e. The molecule has 1 atom stereocenters. The first-order valence-corrected chi connectivity index (χ1v) is 5.79. The first-order valence-electron chi connectivity index (χ1n) is 5.79. The van der Waals surface area contributed by atoms with Gasteiger partial charge in [-0.05, 0) is 19.4 Å². The molecule has 1 N–H and O–H groups in total. The van der Waals surface area contributed by atoms with E-state index in [1.807, 2.05) is 4.90 Å². The van der Waals surface area contributed by atoms with Crippen LogP contribution < -0.4 is 0 Å². The highest BCUT2D eigenvalue weighted by Gasteiger charge is 2.25. The third-order valence-electron chi connectivity index (χ3n) is 3.15. The van der Waals surface area contributed by atoms with Crippen LogP contribution in [0.4, 0.5) is 0 Å². The first kappa shape index (κ1) is 12.5. The molecule has 1 fully saturated rings. The highest BCUT2D eigenvalue weighted by molar-refractivity contribution is 5.73. The maximum absolute atomic E-state index is 11.3. The summed E-state index contributed by atoms with van der Waals surface area (Å²) in [4.78, 5) is 15.4. The van der Waals surface area contributed by atoms with Gasteiger partial charge in [-0.3, -0.25) is 9.69 Å². The average molecular weight is 214 g/mol. The number of carbonyl (C=O) groups is 1. The van der Waals surface area contributed by atoms with E-state index in [2.05, 4.69) is 11.8 Å². The number of nitrogens with zero attached hydrogens (tertiary/aromatic N) is 2. The van der Waals surface area contributed by atoms with Crippen LogP contribution >= 0.6 is 0 Å². The second-order valence-electron chi connectivity index (χ2n) is 4.11. The van der Waals surface area contributed by atoms with Crippen LogP contribution in [0, 0.1) is 0 Å². The number of likely N-dealkylation sites (N-methyl/N-ethyl adjacent to an activating group) is 1. The number of rotatable bonds is 4. The van der Waals surface area contributed by atoms with Crippen LogP contribution in [0.3, 0.4) is 0 Å². The SMILES string of the molecule is CCN(CCO)[C@@H]1CCCN(C(C)=O)C1. The number of hydrogen-bond donors (Lipinski definition) is 1. The van der Waals surface area contributed by atoms with E-state index in [-0.39, 0.29) is 12.5 Å². The van der Waals surface area contributed by atoms with E-state index in [1.165, 1.54) is 0 Å². The van der Waals surface area contributed by atoms with Crippen molar-refractivity contribution in [1.29, 1.82) is 0 Å². The number of likely N-dealkylation sites (tertiary alicyclic amines) is 1. The molecule has 1 amide bonds. The second-order valence-corrected chi connectivity index (χ2v) is 4.11. The van der Waals surface area contributed by atoms with Gasteiger partial charge in [-0.2, -0.15) is 0 Å². The van der Waals surface area contributed by atoms with Gasteiger partial charge in [0, 0.05) is 32.6 Å². The molecule has 0 spiro atoms. The van der Waals surface area contributed by atoms with Crippen molar-refractivity contribution in [2.45, 2.75) is 32.7 Å². The average Bonchev–Trinajstić information content (AvgIpc) is 2.26. The van der Waals surface area contributed by atoms with E-state index < -0.39 is 0 Å². The van der Waals surface area contributed by atoms with Crippen molar-refractivity contribution in [2.24, 2.45) is 0 Å². The van der Waals surface area contributed by atoms with Crippen molar-refractivity contribution in [3.8, 4) is 0 Å². The lowest BCUT2D eigenvalue weighted by Crippen LogP contribution is -2.49. The van der Waals surface area contributed by atoms with Crippen LogP contribution in [0.1, 0.15) is 26.7 Å². The van der Waals surface area contributed by atoms with Gasteiger partial charge in [0.2, 0.25) is 5.91 Å². The van der Waals surface area contributed by atoms with Crippen molar-refractivity contribution >= 4 is 5.91 Å². The molecule has 1 aliphatic heterocycles. The zero-order valence-corrected chi connectivity index (χ0v) is 9.78. The van der Waals surface area contributed by atoms with E-state index >= 15 is 0 Å². The lowest BCUT2D eigenvalue weighted by atomic mass is 10.0. The summed E-state index contributed by atoms with van der Waals surface area (Å²) in [5.41, 5.74) is 0. The highest BCUT2D eigenvalue weighted by atomic mass is 16.3. The zero-order chi connectivity index (χ0) is 11.3. The van der Waals surface area contributed by atoms with E-state index in [4.69, 9.17) is 5.11 Å². The summed E-state index contributed by atoms with van der Waals surface area (Å²) in [7, 11) is 0. The van der Waals surface area contributed by atoms with Crippen LogP contribution in [0.2, 0.25) is 0 Å². The third kappa shape index (κ3) is 3.47. The Morgan fingerprint density at radius 1 is 1.60 bits per heavy atom. The maximum Gasteiger partial charge on any atom is 0.219 e. The minimum Gasteiger partial charge on any atom is -0.395 e. The van der Waals surface area contributed by atoms with Crippen molar-refractivity contribution < 1.29 is 9.90 Å². The predicted molar refractivity (Wildman–Crippen MR) is 59.6 cm³/mol. The van der Waals surface area contributed by atoms with Crippen LogP contribution in [0.15, 0.2) is 0 Å². The highest BCUT2D eigenvalue weighted by Crippen LogP contribution is 2.15. The summed E-state index contributed by atoms with van der Waals surface area (Å²) >= 11 is 0. The van der Waals surface area contributed by atoms with Crippen LogP contribution in [-0.2, 0) is 4.79 Å². The molecule has 1 saturated heterocycles. The lowest BCUT2D eigenvalue weighted by molar-refractivity contribution is -0.131. The summed E-state index contributed by atoms with van der Waals surface area (Å²) in [6, 6.07) is 0.430. The van der Waals surface area contributed by atoms with Crippen molar-refractivity contribution in [3.05, 3.63) is 0 Å². The van der Waals surface area contributed by atoms with Gasteiger partial charge >= 0.3 is 0 Å². The van der Waals surface area contributed by atoms with Crippen molar-refractivity contribution in [3.63, 3.8) is 0 Å². The topological polar surface area (TPSA) is 43.8 Å². The molecule has 0 aliphatic carbocycles. The number of carbonyl (C=O) groups excluding carboxylic acids is 1. The van der Waals surface area contributed by atoms with Gasteiger partial charge in [0.25, 0.3) is 0 Å². The Labute approximate surface area is 91.9 Å². The fraction of sp³-hybridized carbons (Fsp3) is 0.909. The molecule has 1 rings (SSSR count). The van der Waals surface area contributed by atoms with Gasteiger partial charge in [0.1, 0.15) is 0 Å². The Bertz CT molecular complexity index is 209. The van der Waals surface area contributed by atoms with Gasteiger partial charge < -0.3 is 10.0 Å². The predicted octanol–water partition coefficient (Wildman–Crippen LogP) is 0.311. The number of aliphatic hydroxyl groups excluding tert-OH is 1. The molecule has 0 radical (unpaired) electrons. The number of amides is 1. The van der Waals surface area contributed by atoms with E-state index in [0.29, 0.717) is 12.6 Å². The molecule has 0 saturated carbocycles. The second kappa shape index (κ2) is 6.08. The first-order chi connectivity index (χ1) is 7.19. The summed E-state index contributed by atoms with van der Waals surface area (Å²) in [5.74, 6) is 0.166. The monoisotopic (exact) mass is 214 g/mol. The normalized spacial score (nSPS) is 22.1. The molecular formula is C11H22N2O2. The van der Waals surface area contributed by atoms with Gasteiger partial charge in [0.15, 0.2) is 0 Å². The van der Waals surface area contributed by atoms with Crippen LogP contribution in [0.25, 0.3) is 0 Å². The van der Waals surface area contributed by atoms with E-state index in [9.17, 15) is 4.79 Å². The fourth-order valence-electron chi connectivity index (χ4n) is 2.27. The standard InChI is InChI=1S/C11H22N2O2/c1-3-12(7-8-14)11-5-4-6-13(9-11)10(2)15/h11,14H,3-9H2,1-2H3/t11-/m1/s1. The van der Waals surface area contributed by atoms with Gasteiger partial charge in [0.05, 0.1) is 6.61 Å². The minimum atomic E-state index is 0.166. The van der Waals surface area contributed by atoms with Gasteiger partial charge in [-0.1, -0.05) is 6.92 Å². The Morgan fingerprint density at radius 2 is 2.33 bits per heavy atom. The van der Waals surface area contributed by atoms with Gasteiger partial charge in [-0.25, -0.2) is 0 Å². The van der Waals surface area contributed by atoms with Crippen molar-refractivity contribution in [2.75, 3.05) is 32.8 Å². The van der Waals surface area contributed by atoms with Crippen LogP contribution in [0.5, 0.6) is 0 Å². The largest absolute Gasteiger partial charge is 0.395 e. The molecule has 1 heterocycles. The zero-order valence-electron chi connectivity index (χ0n) is 9.78. The summed E-state index contributed by atoms with van der Waals surface area (Å²) in [5, 5.41) is 8.95. The lowest BCUT2D eigenvalue weighted by Gasteiger charge is -2.38.